The Bertz CT molecular complexity index is 319. The van der Waals surface area contributed by atoms with Gasteiger partial charge in [0.1, 0.15) is 5.82 Å². The van der Waals surface area contributed by atoms with Gasteiger partial charge in [-0.15, -0.1) is 0 Å². The number of hydrogen-bond donors (Lipinski definition) is 1. The molecule has 0 heterocycles. The molecule has 0 radical (unpaired) electrons. The fourth-order valence-corrected chi connectivity index (χ4v) is 1.44. The van der Waals surface area contributed by atoms with Gasteiger partial charge in [-0.3, -0.25) is 0 Å². The van der Waals surface area contributed by atoms with Gasteiger partial charge in [-0.2, -0.15) is 0 Å². The van der Waals surface area contributed by atoms with E-state index in [9.17, 15) is 4.39 Å². The maximum atomic E-state index is 13.5. The second-order valence-electron chi connectivity index (χ2n) is 3.46. The highest BCUT2D eigenvalue weighted by atomic mass is 19.1. The normalized spacial score (nSPS) is 11.1. The van der Waals surface area contributed by atoms with Gasteiger partial charge in [-0.1, -0.05) is 18.2 Å². The molecule has 0 bridgehead atoms. The number of nitrogens with two attached hydrogens (primary N) is 1. The minimum Gasteiger partial charge on any atom is -0.330 e. The third kappa shape index (κ3) is 2.67. The minimum atomic E-state index is -0.157. The largest absolute Gasteiger partial charge is 0.330 e. The molecule has 0 atom stereocenters. The first-order valence-corrected chi connectivity index (χ1v) is 4.78. The second-order valence-corrected chi connectivity index (χ2v) is 3.46. The van der Waals surface area contributed by atoms with E-state index in [1.165, 1.54) is 0 Å². The van der Waals surface area contributed by atoms with Crippen molar-refractivity contribution < 1.29 is 4.39 Å². The smallest absolute Gasteiger partial charge is 0.130 e. The van der Waals surface area contributed by atoms with Gasteiger partial charge in [-0.05, 0) is 44.0 Å². The summed E-state index contributed by atoms with van der Waals surface area (Å²) in [6.45, 7) is 4.41. The summed E-state index contributed by atoms with van der Waals surface area (Å²) in [7, 11) is 0. The summed E-state index contributed by atoms with van der Waals surface area (Å²) in [6.07, 6.45) is 4.49. The Kier molecular flexibility index (Phi) is 3.84. The van der Waals surface area contributed by atoms with Gasteiger partial charge in [0.2, 0.25) is 0 Å². The lowest BCUT2D eigenvalue weighted by atomic mass is 10.0. The lowest BCUT2D eigenvalue weighted by Gasteiger charge is -2.03. The van der Waals surface area contributed by atoms with E-state index in [4.69, 9.17) is 5.73 Å². The van der Waals surface area contributed by atoms with E-state index in [0.29, 0.717) is 12.1 Å². The Morgan fingerprint density at radius 3 is 2.64 bits per heavy atom. The van der Waals surface area contributed by atoms with Crippen LogP contribution in [0.1, 0.15) is 23.1 Å². The van der Waals surface area contributed by atoms with Crippen molar-refractivity contribution in [2.45, 2.75) is 20.3 Å². The van der Waals surface area contributed by atoms with Crippen LogP contribution in [0.15, 0.2) is 18.2 Å². The summed E-state index contributed by atoms with van der Waals surface area (Å²) >= 11 is 0. The van der Waals surface area contributed by atoms with Crippen molar-refractivity contribution >= 4 is 6.08 Å². The van der Waals surface area contributed by atoms with Gasteiger partial charge in [0.05, 0.1) is 0 Å². The maximum Gasteiger partial charge on any atom is 0.130 e. The highest BCUT2D eigenvalue weighted by molar-refractivity contribution is 5.55. The molecule has 0 spiro atoms. The monoisotopic (exact) mass is 193 g/mol. The molecule has 0 saturated heterocycles. The summed E-state index contributed by atoms with van der Waals surface area (Å²) in [6, 6.07) is 3.53. The number of benzene rings is 1. The van der Waals surface area contributed by atoms with Crippen LogP contribution in [0.25, 0.3) is 6.08 Å². The molecule has 2 N–H and O–H groups in total. The number of rotatable bonds is 3. The van der Waals surface area contributed by atoms with E-state index >= 15 is 0 Å². The van der Waals surface area contributed by atoms with Gasteiger partial charge in [-0.25, -0.2) is 4.39 Å². The molecule has 1 rings (SSSR count). The molecule has 0 unspecified atom stereocenters. The number of halogens is 1. The Balaban J connectivity index is 2.96. The molecule has 1 aromatic rings. The first kappa shape index (κ1) is 10.9. The molecule has 0 fully saturated rings. The molecule has 14 heavy (non-hydrogen) atoms. The van der Waals surface area contributed by atoms with Crippen molar-refractivity contribution in [2.24, 2.45) is 5.73 Å². The van der Waals surface area contributed by atoms with Gasteiger partial charge in [0.25, 0.3) is 0 Å². The van der Waals surface area contributed by atoms with E-state index < -0.39 is 0 Å². The van der Waals surface area contributed by atoms with Crippen LogP contribution in [0.4, 0.5) is 4.39 Å². The molecule has 2 heteroatoms. The molecular weight excluding hydrogens is 177 g/mol. The lowest BCUT2D eigenvalue weighted by Crippen LogP contribution is -1.95. The van der Waals surface area contributed by atoms with Crippen molar-refractivity contribution in [1.29, 1.82) is 0 Å². The third-order valence-electron chi connectivity index (χ3n) is 2.10. The predicted molar refractivity (Wildman–Crippen MR) is 58.6 cm³/mol. The van der Waals surface area contributed by atoms with Crippen LogP contribution in [0.2, 0.25) is 0 Å². The molecule has 0 aliphatic rings. The molecule has 0 saturated carbocycles. The zero-order chi connectivity index (χ0) is 10.6. The van der Waals surface area contributed by atoms with Crippen LogP contribution in [0.5, 0.6) is 0 Å². The number of hydrogen-bond acceptors (Lipinski definition) is 1. The summed E-state index contributed by atoms with van der Waals surface area (Å²) < 4.78 is 13.5. The Labute approximate surface area is 84.4 Å². The molecule has 0 amide bonds. The Morgan fingerprint density at radius 2 is 2.07 bits per heavy atom. The van der Waals surface area contributed by atoms with Crippen molar-refractivity contribution in [3.63, 3.8) is 0 Å². The average molecular weight is 193 g/mol. The molecule has 0 aliphatic carbocycles. The zero-order valence-electron chi connectivity index (χ0n) is 8.68. The van der Waals surface area contributed by atoms with Crippen LogP contribution >= 0.6 is 0 Å². The Morgan fingerprint density at radius 1 is 1.36 bits per heavy atom. The van der Waals surface area contributed by atoms with Crippen molar-refractivity contribution in [3.8, 4) is 0 Å². The highest BCUT2D eigenvalue weighted by Gasteiger charge is 2.02. The van der Waals surface area contributed by atoms with Gasteiger partial charge >= 0.3 is 0 Å². The van der Waals surface area contributed by atoms with E-state index in [0.717, 1.165) is 17.5 Å². The van der Waals surface area contributed by atoms with E-state index in [1.807, 2.05) is 26.0 Å². The van der Waals surface area contributed by atoms with Crippen molar-refractivity contribution in [3.05, 3.63) is 40.7 Å². The SMILES string of the molecule is Cc1cc(C)c(/C=C/CCN)c(F)c1. The van der Waals surface area contributed by atoms with Crippen LogP contribution in [-0.4, -0.2) is 6.54 Å². The molecule has 76 valence electrons. The molecule has 0 aromatic heterocycles. The quantitative estimate of drug-likeness (QED) is 0.784. The first-order valence-electron chi connectivity index (χ1n) is 4.78. The summed E-state index contributed by atoms with van der Waals surface area (Å²) in [5.41, 5.74) is 7.94. The van der Waals surface area contributed by atoms with Crippen LogP contribution in [0.3, 0.4) is 0 Å². The van der Waals surface area contributed by atoms with Crippen molar-refractivity contribution in [2.75, 3.05) is 6.54 Å². The molecule has 1 nitrogen and oxygen atoms in total. The number of aryl methyl sites for hydroxylation is 2. The van der Waals surface area contributed by atoms with Crippen LogP contribution in [-0.2, 0) is 0 Å². The maximum absolute atomic E-state index is 13.5. The third-order valence-corrected chi connectivity index (χ3v) is 2.10. The van der Waals surface area contributed by atoms with E-state index in [2.05, 4.69) is 0 Å². The second kappa shape index (κ2) is 4.91. The standard InChI is InChI=1S/C12H16FN/c1-9-7-10(2)11(12(13)8-9)5-3-4-6-14/h3,5,7-8H,4,6,14H2,1-2H3/b5-3+. The van der Waals surface area contributed by atoms with Crippen LogP contribution < -0.4 is 5.73 Å². The fraction of sp³-hybridized carbons (Fsp3) is 0.333. The fourth-order valence-electron chi connectivity index (χ4n) is 1.44. The summed E-state index contributed by atoms with van der Waals surface area (Å²) in [5, 5.41) is 0. The molecule has 1 aromatic carbocycles. The van der Waals surface area contributed by atoms with Crippen molar-refractivity contribution in [1.82, 2.24) is 0 Å². The first-order chi connectivity index (χ1) is 6.65. The molecule has 0 aliphatic heterocycles. The molecular formula is C12H16FN. The predicted octanol–water partition coefficient (Wildman–Crippen LogP) is 2.80. The highest BCUT2D eigenvalue weighted by Crippen LogP contribution is 2.17. The topological polar surface area (TPSA) is 26.0 Å². The van der Waals surface area contributed by atoms with Gasteiger partial charge in [0.15, 0.2) is 0 Å². The van der Waals surface area contributed by atoms with Crippen LogP contribution in [0, 0.1) is 19.7 Å². The zero-order valence-corrected chi connectivity index (χ0v) is 8.68. The Hall–Kier alpha value is -1.15. The van der Waals surface area contributed by atoms with E-state index in [1.54, 1.807) is 12.1 Å². The summed E-state index contributed by atoms with van der Waals surface area (Å²) in [5.74, 6) is -0.157. The van der Waals surface area contributed by atoms with Gasteiger partial charge in [0, 0.05) is 5.56 Å². The average Bonchev–Trinajstić information content (AvgIpc) is 2.09. The van der Waals surface area contributed by atoms with Gasteiger partial charge < -0.3 is 5.73 Å². The lowest BCUT2D eigenvalue weighted by molar-refractivity contribution is 0.622. The minimum absolute atomic E-state index is 0.157. The van der Waals surface area contributed by atoms with E-state index in [-0.39, 0.29) is 5.82 Å². The summed E-state index contributed by atoms with van der Waals surface area (Å²) in [4.78, 5) is 0.